The molecule has 4 nitrogen and oxygen atoms in total. The lowest BCUT2D eigenvalue weighted by atomic mass is 10.0. The summed E-state index contributed by atoms with van der Waals surface area (Å²) in [6, 6.07) is -0.641. The van der Waals surface area contributed by atoms with Crippen LogP contribution >= 0.6 is 0 Å². The van der Waals surface area contributed by atoms with Crippen molar-refractivity contribution >= 4 is 5.91 Å². The van der Waals surface area contributed by atoms with E-state index in [0.29, 0.717) is 6.42 Å². The Morgan fingerprint density at radius 1 is 0.411 bits per heavy atom. The van der Waals surface area contributed by atoms with Crippen LogP contribution in [0.2, 0.25) is 0 Å². The highest BCUT2D eigenvalue weighted by atomic mass is 16.3. The van der Waals surface area contributed by atoms with Crippen LogP contribution in [0.4, 0.5) is 0 Å². The summed E-state index contributed by atoms with van der Waals surface area (Å²) < 4.78 is 0. The maximum absolute atomic E-state index is 12.4. The van der Waals surface area contributed by atoms with E-state index in [1.165, 1.54) is 218 Å². The quantitative estimate of drug-likeness (QED) is 0.0425. The number of hydrogen-bond donors (Lipinski definition) is 3. The van der Waals surface area contributed by atoms with Crippen molar-refractivity contribution in [2.75, 3.05) is 6.61 Å². The standard InChI is InChI=1S/C52H99NO3/c1-3-5-7-9-11-13-15-17-19-21-23-25-26-27-28-29-31-33-35-37-39-41-43-45-47-51(55)50(49-54)53-52(56)48-46-44-42-40-38-36-34-32-30-24-22-20-18-16-14-12-10-8-6-4-2/h24,30,37,39,45,47,50-51,54-55H,3-23,25-29,31-36,38,40-44,46,48-49H2,1-2H3,(H,53,56)/b30-24-,39-37+,47-45+. The molecule has 0 fully saturated rings. The van der Waals surface area contributed by atoms with Gasteiger partial charge in [0, 0.05) is 6.42 Å². The molecule has 0 aliphatic heterocycles. The molecule has 3 N–H and O–H groups in total. The summed E-state index contributed by atoms with van der Waals surface area (Å²) in [7, 11) is 0. The summed E-state index contributed by atoms with van der Waals surface area (Å²) in [6.45, 7) is 4.32. The van der Waals surface area contributed by atoms with E-state index in [9.17, 15) is 15.0 Å². The Bertz CT molecular complexity index is 851. The topological polar surface area (TPSA) is 69.6 Å². The van der Waals surface area contributed by atoms with E-state index in [-0.39, 0.29) is 12.5 Å². The van der Waals surface area contributed by atoms with Gasteiger partial charge in [-0.15, -0.1) is 0 Å². The van der Waals surface area contributed by atoms with Gasteiger partial charge in [-0.3, -0.25) is 4.79 Å². The Morgan fingerprint density at radius 2 is 0.696 bits per heavy atom. The van der Waals surface area contributed by atoms with Gasteiger partial charge in [-0.05, 0) is 57.8 Å². The molecule has 0 bridgehead atoms. The average molecular weight is 786 g/mol. The van der Waals surface area contributed by atoms with Gasteiger partial charge >= 0.3 is 0 Å². The fraction of sp³-hybridized carbons (Fsp3) is 0.865. The van der Waals surface area contributed by atoms with Crippen LogP contribution < -0.4 is 5.32 Å². The van der Waals surface area contributed by atoms with Gasteiger partial charge in [-0.1, -0.05) is 243 Å². The minimum atomic E-state index is -0.864. The first-order chi connectivity index (χ1) is 27.7. The highest BCUT2D eigenvalue weighted by molar-refractivity contribution is 5.76. The van der Waals surface area contributed by atoms with Crippen LogP contribution in [0.15, 0.2) is 36.5 Å². The van der Waals surface area contributed by atoms with E-state index in [4.69, 9.17) is 0 Å². The minimum Gasteiger partial charge on any atom is -0.394 e. The molecule has 2 unspecified atom stereocenters. The number of hydrogen-bond acceptors (Lipinski definition) is 3. The summed E-state index contributed by atoms with van der Waals surface area (Å²) in [5.74, 6) is -0.0757. The van der Waals surface area contributed by atoms with Gasteiger partial charge in [0.2, 0.25) is 5.91 Å². The molecule has 0 saturated heterocycles. The number of allylic oxidation sites excluding steroid dienone is 5. The fourth-order valence-electron chi connectivity index (χ4n) is 7.72. The zero-order valence-electron chi connectivity index (χ0n) is 37.9. The van der Waals surface area contributed by atoms with E-state index in [2.05, 4.69) is 43.5 Å². The molecule has 4 heteroatoms. The summed E-state index contributed by atoms with van der Waals surface area (Å²) in [6.07, 6.45) is 64.2. The molecule has 0 aliphatic carbocycles. The molecular weight excluding hydrogens is 687 g/mol. The molecule has 330 valence electrons. The number of carbonyl (C=O) groups is 1. The Balaban J connectivity index is 3.56. The number of amides is 1. The van der Waals surface area contributed by atoms with E-state index >= 15 is 0 Å². The second-order valence-corrected chi connectivity index (χ2v) is 17.2. The average Bonchev–Trinajstić information content (AvgIpc) is 3.20. The third kappa shape index (κ3) is 43.7. The van der Waals surface area contributed by atoms with Crippen LogP contribution in [0.25, 0.3) is 0 Å². The highest BCUT2D eigenvalue weighted by Gasteiger charge is 2.17. The third-order valence-corrected chi connectivity index (χ3v) is 11.6. The molecule has 0 saturated carbocycles. The first-order valence-corrected chi connectivity index (χ1v) is 25.2. The highest BCUT2D eigenvalue weighted by Crippen LogP contribution is 2.16. The number of carbonyl (C=O) groups excluding carboxylic acids is 1. The SMILES string of the molecule is CCCCCCCCCCC/C=C\CCCCCCCCCC(=O)NC(CO)C(O)/C=C/CC/C=C/CCCCCCCCCCCCCCCCCCCC. The van der Waals surface area contributed by atoms with Crippen LogP contribution in [-0.4, -0.2) is 34.9 Å². The molecule has 56 heavy (non-hydrogen) atoms. The van der Waals surface area contributed by atoms with Gasteiger partial charge in [0.1, 0.15) is 0 Å². The molecular formula is C52H99NO3. The molecule has 1 amide bonds. The lowest BCUT2D eigenvalue weighted by Crippen LogP contribution is -2.45. The van der Waals surface area contributed by atoms with Gasteiger partial charge in [0.25, 0.3) is 0 Å². The molecule has 0 spiro atoms. The maximum Gasteiger partial charge on any atom is 0.220 e. The second kappa shape index (κ2) is 48.0. The molecule has 0 aliphatic rings. The number of unbranched alkanes of at least 4 members (excludes halogenated alkanes) is 35. The smallest absolute Gasteiger partial charge is 0.220 e. The predicted octanol–water partition coefficient (Wildman–Crippen LogP) is 16.1. The summed E-state index contributed by atoms with van der Waals surface area (Å²) in [5, 5.41) is 23.1. The van der Waals surface area contributed by atoms with Crippen LogP contribution in [0.1, 0.15) is 271 Å². The van der Waals surface area contributed by atoms with Crippen LogP contribution in [0, 0.1) is 0 Å². The van der Waals surface area contributed by atoms with Crippen LogP contribution in [0.5, 0.6) is 0 Å². The van der Waals surface area contributed by atoms with Crippen molar-refractivity contribution in [1.29, 1.82) is 0 Å². The molecule has 0 aromatic heterocycles. The minimum absolute atomic E-state index is 0.0757. The van der Waals surface area contributed by atoms with Crippen molar-refractivity contribution in [2.45, 2.75) is 283 Å². The number of nitrogens with one attached hydrogen (secondary N) is 1. The summed E-state index contributed by atoms with van der Waals surface area (Å²) in [4.78, 5) is 12.4. The van der Waals surface area contributed by atoms with Crippen molar-refractivity contribution < 1.29 is 15.0 Å². The first-order valence-electron chi connectivity index (χ1n) is 25.2. The van der Waals surface area contributed by atoms with Crippen molar-refractivity contribution in [3.05, 3.63) is 36.5 Å². The van der Waals surface area contributed by atoms with E-state index in [1.807, 2.05) is 6.08 Å². The molecule has 0 aromatic carbocycles. The Morgan fingerprint density at radius 3 is 1.04 bits per heavy atom. The number of rotatable bonds is 46. The van der Waals surface area contributed by atoms with Gasteiger partial charge < -0.3 is 15.5 Å². The summed E-state index contributed by atoms with van der Waals surface area (Å²) >= 11 is 0. The number of aliphatic hydroxyl groups excluding tert-OH is 2. The van der Waals surface area contributed by atoms with Crippen molar-refractivity contribution in [2.24, 2.45) is 0 Å². The third-order valence-electron chi connectivity index (χ3n) is 11.6. The van der Waals surface area contributed by atoms with Crippen LogP contribution in [-0.2, 0) is 4.79 Å². The van der Waals surface area contributed by atoms with E-state index in [1.54, 1.807) is 6.08 Å². The second-order valence-electron chi connectivity index (χ2n) is 17.2. The van der Waals surface area contributed by atoms with Crippen molar-refractivity contribution in [3.8, 4) is 0 Å². The fourth-order valence-corrected chi connectivity index (χ4v) is 7.72. The van der Waals surface area contributed by atoms with Crippen molar-refractivity contribution in [3.63, 3.8) is 0 Å². The summed E-state index contributed by atoms with van der Waals surface area (Å²) in [5.41, 5.74) is 0. The van der Waals surface area contributed by atoms with Gasteiger partial charge in [-0.25, -0.2) is 0 Å². The Labute approximate surface area is 351 Å². The van der Waals surface area contributed by atoms with Gasteiger partial charge in [-0.2, -0.15) is 0 Å². The van der Waals surface area contributed by atoms with Gasteiger partial charge in [0.05, 0.1) is 18.8 Å². The van der Waals surface area contributed by atoms with Crippen molar-refractivity contribution in [1.82, 2.24) is 5.32 Å². The predicted molar refractivity (Wildman–Crippen MR) is 248 cm³/mol. The molecule has 0 rings (SSSR count). The van der Waals surface area contributed by atoms with Crippen LogP contribution in [0.3, 0.4) is 0 Å². The lowest BCUT2D eigenvalue weighted by Gasteiger charge is -2.19. The zero-order valence-corrected chi connectivity index (χ0v) is 37.9. The Hall–Kier alpha value is -1.39. The lowest BCUT2D eigenvalue weighted by molar-refractivity contribution is -0.123. The molecule has 0 heterocycles. The van der Waals surface area contributed by atoms with Gasteiger partial charge in [0.15, 0.2) is 0 Å². The molecule has 2 atom stereocenters. The first kappa shape index (κ1) is 54.6. The maximum atomic E-state index is 12.4. The zero-order chi connectivity index (χ0) is 40.7. The normalized spacial score (nSPS) is 13.1. The van der Waals surface area contributed by atoms with E-state index in [0.717, 1.165) is 32.1 Å². The molecule has 0 aromatic rings. The van der Waals surface area contributed by atoms with E-state index < -0.39 is 12.1 Å². The number of aliphatic hydroxyl groups is 2. The monoisotopic (exact) mass is 786 g/mol. The Kier molecular flexibility index (Phi) is 46.8. The largest absolute Gasteiger partial charge is 0.394 e. The molecule has 0 radical (unpaired) electrons.